The number of fused-ring (bicyclic) bond motifs is 5. The van der Waals surface area contributed by atoms with Crippen LogP contribution in [0.1, 0.15) is 78.6 Å². The van der Waals surface area contributed by atoms with Crippen molar-refractivity contribution in [2.75, 3.05) is 39.9 Å². The average Bonchev–Trinajstić information content (AvgIpc) is 3.23. The van der Waals surface area contributed by atoms with E-state index in [1.54, 1.807) is 50.2 Å². The molecule has 1 aromatic heterocycles. The number of nitrogens with two attached hydrogens (primary N) is 3. The van der Waals surface area contributed by atoms with Gasteiger partial charge in [-0.05, 0) is 80.1 Å². The third kappa shape index (κ3) is 11.3. The number of aryl methyl sites for hydroxylation is 2. The first kappa shape index (κ1) is 47.6. The highest BCUT2D eigenvalue weighted by Gasteiger charge is 2.36. The summed E-state index contributed by atoms with van der Waals surface area (Å²) >= 11 is 0. The third-order valence-corrected chi connectivity index (χ3v) is 10.8. The first-order valence-electron chi connectivity index (χ1n) is 20.9. The Morgan fingerprint density at radius 3 is 2.00 bits per heavy atom. The summed E-state index contributed by atoms with van der Waals surface area (Å²) in [7, 11) is 1.41. The van der Waals surface area contributed by atoms with Crippen molar-refractivity contribution in [2.45, 2.75) is 84.0 Å². The van der Waals surface area contributed by atoms with Crippen molar-refractivity contribution in [2.24, 2.45) is 17.2 Å². The molecule has 3 aromatic carbocycles. The Bertz CT molecular complexity index is 2310. The van der Waals surface area contributed by atoms with E-state index < -0.39 is 53.8 Å². The molecule has 0 aliphatic carbocycles. The zero-order chi connectivity index (χ0) is 46.2. The first-order chi connectivity index (χ1) is 29.9. The summed E-state index contributed by atoms with van der Waals surface area (Å²) in [5, 5.41) is 18.1. The number of hydrogen-bond acceptors (Lipinski definition) is 12. The number of carboxylic acid groups (broad SMARTS) is 1. The van der Waals surface area contributed by atoms with Crippen molar-refractivity contribution < 1.29 is 38.6 Å². The van der Waals surface area contributed by atoms with Gasteiger partial charge in [0.1, 0.15) is 48.9 Å². The number of aliphatic carboxylic acids is 1. The van der Waals surface area contributed by atoms with Crippen LogP contribution in [0.15, 0.2) is 60.7 Å². The number of carbonyl (C=O) groups excluding carboxylic acids is 4. The average molecular weight is 866 g/mol. The van der Waals surface area contributed by atoms with Gasteiger partial charge in [-0.25, -0.2) is 14.8 Å². The molecule has 0 saturated heterocycles. The molecule has 1 aliphatic rings. The second kappa shape index (κ2) is 20.6. The number of carboxylic acids is 1. The fourth-order valence-corrected chi connectivity index (χ4v) is 7.39. The van der Waals surface area contributed by atoms with Gasteiger partial charge in [0.25, 0.3) is 5.91 Å². The molecular weight excluding hydrogens is 807 g/mol. The molecule has 10 N–H and O–H groups in total. The number of ether oxygens (including phenoxy) is 2. The molecule has 336 valence electrons. The van der Waals surface area contributed by atoms with Crippen molar-refractivity contribution in [3.8, 4) is 34.0 Å². The highest BCUT2D eigenvalue weighted by molar-refractivity contribution is 6.00. The monoisotopic (exact) mass is 865 g/mol. The van der Waals surface area contributed by atoms with Crippen LogP contribution in [0.3, 0.4) is 0 Å². The Labute approximate surface area is 367 Å². The van der Waals surface area contributed by atoms with Crippen molar-refractivity contribution >= 4 is 29.6 Å². The van der Waals surface area contributed by atoms with Gasteiger partial charge in [-0.15, -0.1) is 0 Å². The molecule has 63 heavy (non-hydrogen) atoms. The molecule has 0 radical (unpaired) electrons. The Kier molecular flexibility index (Phi) is 15.6. The normalized spacial score (nSPS) is 17.1. The molecule has 17 nitrogen and oxygen atoms in total. The molecular formula is C46H59N9O8. The third-order valence-electron chi connectivity index (χ3n) is 10.8. The molecule has 0 spiro atoms. The van der Waals surface area contributed by atoms with Crippen LogP contribution in [0, 0.1) is 13.8 Å². The molecule has 0 fully saturated rings. The summed E-state index contributed by atoms with van der Waals surface area (Å²) < 4.78 is 12.1. The highest BCUT2D eigenvalue weighted by atomic mass is 16.5. The summed E-state index contributed by atoms with van der Waals surface area (Å²) in [6.45, 7) is 11.8. The van der Waals surface area contributed by atoms with Gasteiger partial charge in [-0.1, -0.05) is 57.2 Å². The van der Waals surface area contributed by atoms with E-state index in [9.17, 15) is 29.1 Å². The van der Waals surface area contributed by atoms with E-state index in [1.165, 1.54) is 18.9 Å². The van der Waals surface area contributed by atoms with Crippen LogP contribution in [-0.2, 0) is 31.0 Å². The van der Waals surface area contributed by atoms with E-state index >= 15 is 0 Å². The quantitative estimate of drug-likeness (QED) is 0.0963. The molecule has 4 bridgehead atoms. The Hall–Kier alpha value is -6.43. The largest absolute Gasteiger partial charge is 0.492 e. The van der Waals surface area contributed by atoms with Crippen LogP contribution < -0.4 is 42.6 Å². The van der Waals surface area contributed by atoms with Gasteiger partial charge < -0.3 is 52.6 Å². The highest BCUT2D eigenvalue weighted by Crippen LogP contribution is 2.40. The molecule has 17 heteroatoms. The minimum absolute atomic E-state index is 0.000542. The Balaban J connectivity index is 1.56. The van der Waals surface area contributed by atoms with Gasteiger partial charge in [-0.3, -0.25) is 19.2 Å². The van der Waals surface area contributed by atoms with Crippen LogP contribution in [0.2, 0.25) is 0 Å². The number of amides is 4. The van der Waals surface area contributed by atoms with Crippen molar-refractivity contribution in [3.05, 3.63) is 94.3 Å². The summed E-state index contributed by atoms with van der Waals surface area (Å²) in [6, 6.07) is 12.7. The number of nitrogens with one attached hydrogen (secondary N) is 3. The van der Waals surface area contributed by atoms with E-state index in [4.69, 9.17) is 26.7 Å². The zero-order valence-electron chi connectivity index (χ0n) is 36.9. The standard InChI is InChI=1S/C46H59N9O8/c1-25-38(26(2)51-40(50-25)29-9-12-31(13-10-29)46(4,5)6)42(57)53-34(16-17-47)44(59)55(7)39-30-11-15-37(63-21-19-49)33(24-30)32-22-28(8-14-36(32)62-20-18-48)23-35(45(60)61)54-41(56)27(3)52-43(39)58/h8-15,22,24,27,34-35,39H,16-21,23,47-49H2,1-7H3,(H,52,58)(H,53,57)(H,54,56)(H,60,61). The van der Waals surface area contributed by atoms with Crippen LogP contribution >= 0.6 is 0 Å². The lowest BCUT2D eigenvalue weighted by Crippen LogP contribution is -2.55. The zero-order valence-corrected chi connectivity index (χ0v) is 36.9. The number of benzene rings is 3. The Morgan fingerprint density at radius 1 is 0.857 bits per heavy atom. The van der Waals surface area contributed by atoms with E-state index in [1.807, 2.05) is 24.3 Å². The van der Waals surface area contributed by atoms with Crippen LogP contribution in [-0.4, -0.2) is 108 Å². The first-order valence-corrected chi connectivity index (χ1v) is 20.9. The minimum Gasteiger partial charge on any atom is -0.492 e. The van der Waals surface area contributed by atoms with Gasteiger partial charge in [-0.2, -0.15) is 0 Å². The molecule has 4 amide bonds. The van der Waals surface area contributed by atoms with Crippen LogP contribution in [0.4, 0.5) is 0 Å². The molecule has 4 unspecified atom stereocenters. The summed E-state index contributed by atoms with van der Waals surface area (Å²) in [6.07, 6.45) is -0.0962. The van der Waals surface area contributed by atoms with Crippen molar-refractivity contribution in [1.82, 2.24) is 30.8 Å². The predicted octanol–water partition coefficient (Wildman–Crippen LogP) is 2.68. The van der Waals surface area contributed by atoms with Crippen molar-refractivity contribution in [3.63, 3.8) is 0 Å². The van der Waals surface area contributed by atoms with Crippen LogP contribution in [0.25, 0.3) is 22.5 Å². The molecule has 2 heterocycles. The molecule has 4 atom stereocenters. The van der Waals surface area contributed by atoms with E-state index in [0.29, 0.717) is 51.0 Å². The maximum absolute atomic E-state index is 14.6. The minimum atomic E-state index is -1.40. The maximum Gasteiger partial charge on any atom is 0.326 e. The molecule has 4 aromatic rings. The van der Waals surface area contributed by atoms with Gasteiger partial charge in [0.05, 0.1) is 17.0 Å². The topological polar surface area (TPSA) is 267 Å². The SMILES string of the molecule is Cc1nc(-c2ccc(C(C)(C)C)cc2)nc(C)c1C(=O)NC(CCN)C(=O)N(C)C1C(=O)NC(C)C(=O)NC(C(=O)O)Cc2ccc(OCCN)c(c2)-c2cc1ccc2OCCN. The van der Waals surface area contributed by atoms with E-state index in [2.05, 4.69) is 46.7 Å². The number of nitrogens with zero attached hydrogens (tertiary/aromatic N) is 3. The number of likely N-dealkylation sites (N-methyl/N-ethyl adjacent to an activating group) is 1. The van der Waals surface area contributed by atoms with Gasteiger partial charge in [0, 0.05) is 43.2 Å². The summed E-state index contributed by atoms with van der Waals surface area (Å²) in [5.41, 5.74) is 22.3. The lowest BCUT2D eigenvalue weighted by molar-refractivity contribution is -0.143. The summed E-state index contributed by atoms with van der Waals surface area (Å²) in [4.78, 5) is 79.5. The second-order valence-electron chi connectivity index (χ2n) is 16.6. The smallest absolute Gasteiger partial charge is 0.326 e. The lowest BCUT2D eigenvalue weighted by Gasteiger charge is -2.32. The van der Waals surface area contributed by atoms with Crippen LogP contribution in [0.5, 0.6) is 11.5 Å². The fraction of sp³-hybridized carbons (Fsp3) is 0.413. The molecule has 1 aliphatic heterocycles. The van der Waals surface area contributed by atoms with Crippen molar-refractivity contribution in [1.29, 1.82) is 0 Å². The maximum atomic E-state index is 14.6. The molecule has 5 rings (SSSR count). The number of hydrogen-bond donors (Lipinski definition) is 7. The fourth-order valence-electron chi connectivity index (χ4n) is 7.39. The summed E-state index contributed by atoms with van der Waals surface area (Å²) in [5.74, 6) is -2.90. The number of aromatic nitrogens is 2. The predicted molar refractivity (Wildman–Crippen MR) is 238 cm³/mol. The molecule has 0 saturated carbocycles. The van der Waals surface area contributed by atoms with Gasteiger partial charge >= 0.3 is 5.97 Å². The second-order valence-corrected chi connectivity index (χ2v) is 16.6. The number of rotatable bonds is 14. The Morgan fingerprint density at radius 2 is 1.44 bits per heavy atom. The van der Waals surface area contributed by atoms with Gasteiger partial charge in [0.2, 0.25) is 17.7 Å². The lowest BCUT2D eigenvalue weighted by atomic mass is 9.86. The number of carbonyl (C=O) groups is 5. The van der Waals surface area contributed by atoms with E-state index in [0.717, 1.165) is 11.1 Å². The van der Waals surface area contributed by atoms with Gasteiger partial charge in [0.15, 0.2) is 5.82 Å². The van der Waals surface area contributed by atoms with E-state index in [-0.39, 0.29) is 56.7 Å².